The fourth-order valence-electron chi connectivity index (χ4n) is 3.01. The normalized spacial score (nSPS) is 39.5. The van der Waals surface area contributed by atoms with Crippen molar-refractivity contribution in [2.45, 2.75) is 52.5 Å². The summed E-state index contributed by atoms with van der Waals surface area (Å²) in [4.78, 5) is 2.73. The second-order valence-corrected chi connectivity index (χ2v) is 6.13. The van der Waals surface area contributed by atoms with Crippen LogP contribution in [0.5, 0.6) is 0 Å². The van der Waals surface area contributed by atoms with Gasteiger partial charge in [-0.2, -0.15) is 0 Å². The van der Waals surface area contributed by atoms with Crippen molar-refractivity contribution in [3.05, 3.63) is 0 Å². The van der Waals surface area contributed by atoms with Gasteiger partial charge < -0.3 is 4.90 Å². The molecule has 0 aromatic heterocycles. The Morgan fingerprint density at radius 2 is 1.77 bits per heavy atom. The maximum atomic E-state index is 2.73. The molecule has 0 amide bonds. The van der Waals surface area contributed by atoms with E-state index in [4.69, 9.17) is 0 Å². The van der Waals surface area contributed by atoms with Gasteiger partial charge in [-0.15, -0.1) is 0 Å². The lowest BCUT2D eigenvalue weighted by atomic mass is 9.77. The van der Waals surface area contributed by atoms with Crippen molar-refractivity contribution in [1.29, 1.82) is 0 Å². The predicted molar refractivity (Wildman–Crippen MR) is 56.8 cm³/mol. The lowest BCUT2D eigenvalue weighted by Crippen LogP contribution is -2.49. The Balaban J connectivity index is 1.94. The van der Waals surface area contributed by atoms with Gasteiger partial charge in [-0.25, -0.2) is 0 Å². The van der Waals surface area contributed by atoms with Gasteiger partial charge in [0.25, 0.3) is 0 Å². The fraction of sp³-hybridized carbons (Fsp3) is 1.00. The van der Waals surface area contributed by atoms with Gasteiger partial charge in [0.05, 0.1) is 0 Å². The Bertz CT molecular complexity index is 172. The number of rotatable bonds is 1. The third kappa shape index (κ3) is 2.25. The van der Waals surface area contributed by atoms with Crippen molar-refractivity contribution in [1.82, 2.24) is 4.90 Å². The van der Waals surface area contributed by atoms with E-state index in [0.29, 0.717) is 5.41 Å². The van der Waals surface area contributed by atoms with Gasteiger partial charge in [-0.3, -0.25) is 0 Å². The molecule has 76 valence electrons. The van der Waals surface area contributed by atoms with Crippen LogP contribution in [0.15, 0.2) is 0 Å². The van der Waals surface area contributed by atoms with E-state index in [9.17, 15) is 0 Å². The van der Waals surface area contributed by atoms with Gasteiger partial charge in [0, 0.05) is 6.04 Å². The first-order valence-corrected chi connectivity index (χ1v) is 5.79. The number of piperidine rings is 3. The molecular formula is C12H23N. The molecule has 0 radical (unpaired) electrons. The van der Waals surface area contributed by atoms with E-state index in [0.717, 1.165) is 12.0 Å². The van der Waals surface area contributed by atoms with Gasteiger partial charge in [0.1, 0.15) is 0 Å². The van der Waals surface area contributed by atoms with E-state index >= 15 is 0 Å². The molecule has 0 aromatic rings. The molecular weight excluding hydrogens is 158 g/mol. The molecule has 1 atom stereocenters. The van der Waals surface area contributed by atoms with Crippen LogP contribution in [-0.2, 0) is 0 Å². The number of fused-ring (bicyclic) bond motifs is 3. The zero-order valence-corrected chi connectivity index (χ0v) is 9.34. The predicted octanol–water partition coefficient (Wildman–Crippen LogP) is 2.91. The van der Waals surface area contributed by atoms with E-state index in [1.807, 2.05) is 0 Å². The highest BCUT2D eigenvalue weighted by molar-refractivity contribution is 4.89. The van der Waals surface area contributed by atoms with Crippen LogP contribution in [0.1, 0.15) is 46.5 Å². The molecule has 3 fully saturated rings. The summed E-state index contributed by atoms with van der Waals surface area (Å²) in [6.07, 6.45) is 5.82. The standard InChI is InChI=1S/C12H23N/c1-12(2,3)9-11-8-10-4-6-13(11)7-5-10/h10-11H,4-9H2,1-3H3. The van der Waals surface area contributed by atoms with Gasteiger partial charge in [-0.1, -0.05) is 20.8 Å². The molecule has 13 heavy (non-hydrogen) atoms. The molecule has 3 aliphatic rings. The van der Waals surface area contributed by atoms with Gasteiger partial charge in [0.2, 0.25) is 0 Å². The van der Waals surface area contributed by atoms with E-state index < -0.39 is 0 Å². The average molecular weight is 181 g/mol. The van der Waals surface area contributed by atoms with Crippen LogP contribution < -0.4 is 0 Å². The quantitative estimate of drug-likeness (QED) is 0.601. The van der Waals surface area contributed by atoms with Crippen LogP contribution >= 0.6 is 0 Å². The molecule has 0 aliphatic carbocycles. The van der Waals surface area contributed by atoms with E-state index in [1.54, 1.807) is 0 Å². The largest absolute Gasteiger partial charge is 0.300 e. The molecule has 1 unspecified atom stereocenters. The number of nitrogens with zero attached hydrogens (tertiary/aromatic N) is 1. The van der Waals surface area contributed by atoms with E-state index in [2.05, 4.69) is 25.7 Å². The van der Waals surface area contributed by atoms with Crippen molar-refractivity contribution in [2.24, 2.45) is 11.3 Å². The SMILES string of the molecule is CC(C)(C)CC1CC2CCN1CC2. The van der Waals surface area contributed by atoms with Crippen LogP contribution in [-0.4, -0.2) is 24.0 Å². The van der Waals surface area contributed by atoms with Crippen molar-refractivity contribution in [3.63, 3.8) is 0 Å². The third-order valence-electron chi connectivity index (χ3n) is 3.62. The first-order chi connectivity index (χ1) is 6.04. The van der Waals surface area contributed by atoms with Crippen LogP contribution in [0.2, 0.25) is 0 Å². The molecule has 1 nitrogen and oxygen atoms in total. The highest BCUT2D eigenvalue weighted by atomic mass is 15.2. The summed E-state index contributed by atoms with van der Waals surface area (Å²) in [7, 11) is 0. The molecule has 0 saturated carbocycles. The minimum atomic E-state index is 0.516. The molecule has 2 bridgehead atoms. The summed E-state index contributed by atoms with van der Waals surface area (Å²) < 4.78 is 0. The molecule has 3 heterocycles. The van der Waals surface area contributed by atoms with Crippen molar-refractivity contribution < 1.29 is 0 Å². The Labute approximate surface area is 82.5 Å². The van der Waals surface area contributed by atoms with Gasteiger partial charge in [-0.05, 0) is 50.1 Å². The highest BCUT2D eigenvalue weighted by Gasteiger charge is 2.35. The smallest absolute Gasteiger partial charge is 0.0103 e. The molecule has 0 spiro atoms. The Morgan fingerprint density at radius 3 is 2.15 bits per heavy atom. The minimum Gasteiger partial charge on any atom is -0.300 e. The first-order valence-electron chi connectivity index (χ1n) is 5.79. The van der Waals surface area contributed by atoms with E-state index in [1.165, 1.54) is 38.8 Å². The summed E-state index contributed by atoms with van der Waals surface area (Å²) in [6, 6.07) is 0.910. The maximum absolute atomic E-state index is 2.73. The summed E-state index contributed by atoms with van der Waals surface area (Å²) in [6.45, 7) is 9.88. The van der Waals surface area contributed by atoms with Gasteiger partial charge in [0.15, 0.2) is 0 Å². The molecule has 3 rings (SSSR count). The summed E-state index contributed by atoms with van der Waals surface area (Å²) >= 11 is 0. The zero-order valence-electron chi connectivity index (χ0n) is 9.34. The van der Waals surface area contributed by atoms with Crippen LogP contribution in [0.25, 0.3) is 0 Å². The lowest BCUT2D eigenvalue weighted by molar-refractivity contribution is 0.0282. The molecule has 0 aromatic carbocycles. The third-order valence-corrected chi connectivity index (χ3v) is 3.62. The fourth-order valence-corrected chi connectivity index (χ4v) is 3.01. The second-order valence-electron chi connectivity index (χ2n) is 6.13. The summed E-state index contributed by atoms with van der Waals surface area (Å²) in [5.41, 5.74) is 0.516. The lowest BCUT2D eigenvalue weighted by Gasteiger charge is -2.47. The Morgan fingerprint density at radius 1 is 1.15 bits per heavy atom. The second kappa shape index (κ2) is 3.27. The van der Waals surface area contributed by atoms with Crippen molar-refractivity contribution in [3.8, 4) is 0 Å². The summed E-state index contributed by atoms with van der Waals surface area (Å²) in [5, 5.41) is 0. The Kier molecular flexibility index (Phi) is 2.39. The van der Waals surface area contributed by atoms with Gasteiger partial charge >= 0.3 is 0 Å². The van der Waals surface area contributed by atoms with E-state index in [-0.39, 0.29) is 0 Å². The zero-order chi connectivity index (χ0) is 9.47. The Hall–Kier alpha value is -0.0400. The molecule has 1 heteroatoms. The van der Waals surface area contributed by atoms with Crippen LogP contribution in [0, 0.1) is 11.3 Å². The first kappa shape index (κ1) is 9.51. The van der Waals surface area contributed by atoms with Crippen LogP contribution in [0.4, 0.5) is 0 Å². The molecule has 0 N–H and O–H groups in total. The highest BCUT2D eigenvalue weighted by Crippen LogP contribution is 2.36. The minimum absolute atomic E-state index is 0.516. The number of hydrogen-bond donors (Lipinski definition) is 0. The molecule has 3 saturated heterocycles. The van der Waals surface area contributed by atoms with Crippen LogP contribution in [0.3, 0.4) is 0 Å². The average Bonchev–Trinajstić information content (AvgIpc) is 2.03. The monoisotopic (exact) mass is 181 g/mol. The van der Waals surface area contributed by atoms with Crippen molar-refractivity contribution in [2.75, 3.05) is 13.1 Å². The molecule has 3 aliphatic heterocycles. The number of hydrogen-bond acceptors (Lipinski definition) is 1. The topological polar surface area (TPSA) is 3.24 Å². The maximum Gasteiger partial charge on any atom is 0.0103 e. The summed E-state index contributed by atoms with van der Waals surface area (Å²) in [5.74, 6) is 1.07. The van der Waals surface area contributed by atoms with Crippen molar-refractivity contribution >= 4 is 0 Å².